The predicted octanol–water partition coefficient (Wildman–Crippen LogP) is 3.18. The van der Waals surface area contributed by atoms with Crippen LogP contribution >= 0.6 is 0 Å². The fraction of sp³-hybridized carbons (Fsp3) is 0.818. The quantitative estimate of drug-likeness (QED) is 0.497. The Balaban J connectivity index is 2.42. The molecule has 0 saturated heterocycles. The van der Waals surface area contributed by atoms with Crippen molar-refractivity contribution in [2.75, 3.05) is 6.61 Å². The highest BCUT2D eigenvalue weighted by atomic mass is 28.4. The molecule has 1 aliphatic rings. The van der Waals surface area contributed by atoms with Gasteiger partial charge in [-0.3, -0.25) is 0 Å². The molecular weight excluding hydrogens is 176 g/mol. The fourth-order valence-corrected chi connectivity index (χ4v) is 4.63. The Kier molecular flexibility index (Phi) is 4.02. The van der Waals surface area contributed by atoms with Crippen LogP contribution in [-0.4, -0.2) is 14.9 Å². The first-order chi connectivity index (χ1) is 6.17. The molecule has 0 unspecified atom stereocenters. The van der Waals surface area contributed by atoms with Gasteiger partial charge < -0.3 is 4.43 Å². The van der Waals surface area contributed by atoms with E-state index >= 15 is 0 Å². The third-order valence-electron chi connectivity index (χ3n) is 3.12. The van der Waals surface area contributed by atoms with Gasteiger partial charge in [0.2, 0.25) is 0 Å². The number of hydrogen-bond acceptors (Lipinski definition) is 1. The van der Waals surface area contributed by atoms with E-state index in [-0.39, 0.29) is 0 Å². The van der Waals surface area contributed by atoms with Crippen molar-refractivity contribution in [3.05, 3.63) is 0 Å². The molecule has 74 valence electrons. The summed E-state index contributed by atoms with van der Waals surface area (Å²) in [5.41, 5.74) is 0.842. The lowest BCUT2D eigenvalue weighted by molar-refractivity contribution is 0.330. The van der Waals surface area contributed by atoms with E-state index in [1.54, 1.807) is 0 Å². The number of rotatable bonds is 3. The Morgan fingerprint density at radius 3 is 2.46 bits per heavy atom. The summed E-state index contributed by atoms with van der Waals surface area (Å²) in [5, 5.41) is 0. The summed E-state index contributed by atoms with van der Waals surface area (Å²) in [6.07, 6.45) is 12.1. The second kappa shape index (κ2) is 4.83. The summed E-state index contributed by atoms with van der Waals surface area (Å²) in [6.45, 7) is 5.12. The average molecular weight is 196 g/mol. The molecule has 1 fully saturated rings. The van der Waals surface area contributed by atoms with E-state index in [2.05, 4.69) is 19.0 Å². The van der Waals surface area contributed by atoms with Crippen molar-refractivity contribution in [3.63, 3.8) is 0 Å². The van der Waals surface area contributed by atoms with E-state index in [1.165, 1.54) is 32.1 Å². The lowest BCUT2D eigenvalue weighted by Gasteiger charge is -2.34. The van der Waals surface area contributed by atoms with Crippen LogP contribution in [0, 0.1) is 12.3 Å². The number of hydrogen-bond donors (Lipinski definition) is 0. The molecule has 0 aromatic carbocycles. The minimum Gasteiger partial charge on any atom is -0.406 e. The minimum absolute atomic E-state index is 0.510. The van der Waals surface area contributed by atoms with E-state index in [9.17, 15) is 0 Å². The summed E-state index contributed by atoms with van der Waals surface area (Å²) in [7, 11) is -1.47. The van der Waals surface area contributed by atoms with E-state index in [0.717, 1.165) is 5.54 Å². The molecule has 0 spiro atoms. The topological polar surface area (TPSA) is 9.23 Å². The van der Waals surface area contributed by atoms with Crippen molar-refractivity contribution in [3.8, 4) is 12.3 Å². The van der Waals surface area contributed by atoms with Crippen LogP contribution < -0.4 is 0 Å². The van der Waals surface area contributed by atoms with Crippen LogP contribution in [-0.2, 0) is 4.43 Å². The van der Waals surface area contributed by atoms with Gasteiger partial charge in [-0.2, -0.15) is 0 Å². The summed E-state index contributed by atoms with van der Waals surface area (Å²) in [4.78, 5) is 0. The van der Waals surface area contributed by atoms with E-state index in [4.69, 9.17) is 10.8 Å². The highest BCUT2D eigenvalue weighted by Gasteiger charge is 2.33. The first-order valence-electron chi connectivity index (χ1n) is 5.24. The summed E-state index contributed by atoms with van der Waals surface area (Å²) in [5.74, 6) is 2.58. The van der Waals surface area contributed by atoms with Crippen LogP contribution in [0.4, 0.5) is 0 Å². The monoisotopic (exact) mass is 196 g/mol. The smallest absolute Gasteiger partial charge is 0.191 e. The first-order valence-corrected chi connectivity index (χ1v) is 8.23. The van der Waals surface area contributed by atoms with Gasteiger partial charge in [0.1, 0.15) is 0 Å². The molecule has 1 aliphatic carbocycles. The molecule has 0 atom stereocenters. The molecular formula is C11H20OSi. The second-order valence-electron chi connectivity index (χ2n) is 4.43. The van der Waals surface area contributed by atoms with Crippen molar-refractivity contribution in [1.29, 1.82) is 0 Å². The predicted molar refractivity (Wildman–Crippen MR) is 59.1 cm³/mol. The molecule has 0 aromatic rings. The van der Waals surface area contributed by atoms with Crippen molar-refractivity contribution in [1.82, 2.24) is 0 Å². The Labute approximate surface area is 83.0 Å². The first kappa shape index (κ1) is 10.8. The van der Waals surface area contributed by atoms with Gasteiger partial charge in [-0.15, -0.1) is 6.42 Å². The van der Waals surface area contributed by atoms with Crippen LogP contribution in [0.3, 0.4) is 0 Å². The van der Waals surface area contributed by atoms with Gasteiger partial charge in [0.25, 0.3) is 0 Å². The van der Waals surface area contributed by atoms with Gasteiger partial charge in [-0.05, 0) is 18.6 Å². The van der Waals surface area contributed by atoms with Gasteiger partial charge in [0, 0.05) is 0 Å². The van der Waals surface area contributed by atoms with E-state index < -0.39 is 8.32 Å². The molecule has 0 aromatic heterocycles. The highest BCUT2D eigenvalue weighted by Crippen LogP contribution is 2.37. The molecule has 1 rings (SSSR count). The molecule has 2 heteroatoms. The van der Waals surface area contributed by atoms with E-state index in [1.807, 2.05) is 0 Å². The molecule has 1 saturated carbocycles. The highest BCUT2D eigenvalue weighted by molar-refractivity contribution is 6.72. The lowest BCUT2D eigenvalue weighted by atomic mass is 10.0. The zero-order valence-corrected chi connectivity index (χ0v) is 9.81. The molecule has 0 radical (unpaired) electrons. The van der Waals surface area contributed by atoms with Crippen LogP contribution in [0.2, 0.25) is 18.6 Å². The molecule has 0 N–H and O–H groups in total. The van der Waals surface area contributed by atoms with Crippen molar-refractivity contribution in [2.24, 2.45) is 0 Å². The summed E-state index contributed by atoms with van der Waals surface area (Å²) in [6, 6.07) is 0. The molecule has 13 heavy (non-hydrogen) atoms. The third-order valence-corrected chi connectivity index (χ3v) is 6.55. The normalized spacial score (nSPS) is 19.8. The zero-order valence-electron chi connectivity index (χ0n) is 8.81. The second-order valence-corrected chi connectivity index (χ2v) is 8.74. The average Bonchev–Trinajstić information content (AvgIpc) is 2.16. The maximum Gasteiger partial charge on any atom is 0.191 e. The van der Waals surface area contributed by atoms with Gasteiger partial charge in [-0.1, -0.05) is 38.0 Å². The van der Waals surface area contributed by atoms with Crippen LogP contribution in [0.25, 0.3) is 0 Å². The van der Waals surface area contributed by atoms with Crippen LogP contribution in [0.15, 0.2) is 0 Å². The van der Waals surface area contributed by atoms with Crippen LogP contribution in [0.5, 0.6) is 0 Å². The minimum atomic E-state index is -1.47. The Hall–Kier alpha value is -0.263. The van der Waals surface area contributed by atoms with Gasteiger partial charge in [0.15, 0.2) is 8.32 Å². The van der Waals surface area contributed by atoms with Gasteiger partial charge in [-0.25, -0.2) is 0 Å². The molecule has 0 amide bonds. The molecule has 0 aliphatic heterocycles. The summed E-state index contributed by atoms with van der Waals surface area (Å²) < 4.78 is 5.82. The van der Waals surface area contributed by atoms with Crippen molar-refractivity contribution in [2.45, 2.75) is 50.7 Å². The Morgan fingerprint density at radius 1 is 1.31 bits per heavy atom. The van der Waals surface area contributed by atoms with Crippen LogP contribution in [0.1, 0.15) is 32.1 Å². The Bertz CT molecular complexity index is 187. The standard InChI is InChI=1S/C11H20OSi/c1-4-10-12-13(2,3)11-8-6-5-7-9-11/h1,11H,5-10H2,2-3H3. The third kappa shape index (κ3) is 3.17. The lowest BCUT2D eigenvalue weighted by Crippen LogP contribution is -2.37. The van der Waals surface area contributed by atoms with Crippen molar-refractivity contribution < 1.29 is 4.43 Å². The fourth-order valence-electron chi connectivity index (χ4n) is 2.14. The Morgan fingerprint density at radius 2 is 1.92 bits per heavy atom. The van der Waals surface area contributed by atoms with E-state index in [0.29, 0.717) is 6.61 Å². The molecule has 0 bridgehead atoms. The maximum atomic E-state index is 5.82. The van der Waals surface area contributed by atoms with Crippen molar-refractivity contribution >= 4 is 8.32 Å². The van der Waals surface area contributed by atoms with Gasteiger partial charge >= 0.3 is 0 Å². The number of terminal acetylenes is 1. The maximum absolute atomic E-state index is 5.82. The summed E-state index contributed by atoms with van der Waals surface area (Å²) >= 11 is 0. The zero-order chi connectivity index (χ0) is 9.73. The molecule has 0 heterocycles. The van der Waals surface area contributed by atoms with Gasteiger partial charge in [0.05, 0.1) is 6.61 Å². The largest absolute Gasteiger partial charge is 0.406 e. The molecule has 1 nitrogen and oxygen atoms in total. The SMILES string of the molecule is C#CCO[Si](C)(C)C1CCCCC1.